The van der Waals surface area contributed by atoms with Gasteiger partial charge in [0.05, 0.1) is 45.6 Å². The van der Waals surface area contributed by atoms with Crippen molar-refractivity contribution in [1.82, 2.24) is 4.90 Å². The number of anilines is 1. The molecule has 15 heteroatoms. The number of nitrogens with one attached hydrogen (secondary N) is 1. The van der Waals surface area contributed by atoms with Crippen LogP contribution in [0.5, 0.6) is 0 Å². The number of esters is 1. The van der Waals surface area contributed by atoms with Gasteiger partial charge in [-0.25, -0.2) is 13.2 Å². The zero-order valence-corrected chi connectivity index (χ0v) is 31.1. The molecule has 14 atom stereocenters. The van der Waals surface area contributed by atoms with Crippen LogP contribution in [0.3, 0.4) is 0 Å². The molecule has 6 aliphatic rings. The molecule has 2 aromatic carbocycles. The Balaban J connectivity index is 1.20. The molecule has 6 fully saturated rings. The van der Waals surface area contributed by atoms with E-state index < -0.39 is 73.0 Å². The second kappa shape index (κ2) is 12.1. The number of hydrogen-bond donors (Lipinski definition) is 3. The molecule has 3 aliphatic carbocycles. The summed E-state index contributed by atoms with van der Waals surface area (Å²) in [5.41, 5.74) is -6.25. The Bertz CT molecular complexity index is 1900. The minimum absolute atomic E-state index is 0.0543. The van der Waals surface area contributed by atoms with Gasteiger partial charge < -0.3 is 29.2 Å². The van der Waals surface area contributed by atoms with Crippen LogP contribution in [0.2, 0.25) is 0 Å². The molecule has 8 rings (SSSR count). The van der Waals surface area contributed by atoms with E-state index in [1.165, 1.54) is 12.1 Å². The van der Waals surface area contributed by atoms with Gasteiger partial charge in [-0.05, 0) is 68.5 Å². The van der Waals surface area contributed by atoms with Crippen LogP contribution in [0, 0.1) is 23.7 Å². The molecule has 11 nitrogen and oxygen atoms in total. The number of halogens is 3. The average molecular weight is 765 g/mol. The van der Waals surface area contributed by atoms with Gasteiger partial charge in [0.1, 0.15) is 16.8 Å². The summed E-state index contributed by atoms with van der Waals surface area (Å²) in [7, 11) is 0.454. The number of alkyl halides is 3. The fourth-order valence-corrected chi connectivity index (χ4v) is 13.8. The first-order valence-corrected chi connectivity index (χ1v) is 19.8. The Labute approximate surface area is 307 Å². The van der Waals surface area contributed by atoms with Crippen molar-refractivity contribution in [1.29, 1.82) is 0 Å². The Morgan fingerprint density at radius 2 is 1.70 bits per heavy atom. The maximum atomic E-state index is 14.6. The molecular weight excluding hydrogens is 717 g/mol. The van der Waals surface area contributed by atoms with Gasteiger partial charge in [-0.2, -0.15) is 13.2 Å². The van der Waals surface area contributed by atoms with Gasteiger partial charge in [0.2, 0.25) is 0 Å². The van der Waals surface area contributed by atoms with Crippen LogP contribution in [0.15, 0.2) is 53.4 Å². The third-order valence-electron chi connectivity index (χ3n) is 14.5. The molecule has 3 heterocycles. The number of fused-ring (bicyclic) bond motifs is 2. The van der Waals surface area contributed by atoms with E-state index in [0.29, 0.717) is 44.2 Å². The molecule has 53 heavy (non-hydrogen) atoms. The Kier molecular flexibility index (Phi) is 8.48. The molecule has 0 amide bonds. The molecule has 7 bridgehead atoms. The van der Waals surface area contributed by atoms with Crippen molar-refractivity contribution in [2.45, 2.75) is 116 Å². The number of rotatable bonds is 9. The van der Waals surface area contributed by atoms with Crippen molar-refractivity contribution < 1.29 is 55.5 Å². The fourth-order valence-electron chi connectivity index (χ4n) is 12.7. The summed E-state index contributed by atoms with van der Waals surface area (Å²) < 4.78 is 93.9. The number of aliphatic hydroxyl groups is 2. The highest BCUT2D eigenvalue weighted by atomic mass is 32.2. The van der Waals surface area contributed by atoms with E-state index in [-0.39, 0.29) is 53.7 Å². The van der Waals surface area contributed by atoms with Crippen molar-refractivity contribution in [2.24, 2.45) is 23.7 Å². The zero-order valence-electron chi connectivity index (χ0n) is 30.3. The topological polar surface area (TPSA) is 144 Å². The maximum absolute atomic E-state index is 14.6. The number of hydrogen-bond acceptors (Lipinski definition) is 10. The lowest BCUT2D eigenvalue weighted by Gasteiger charge is -2.72. The van der Waals surface area contributed by atoms with E-state index in [1.807, 2.05) is 0 Å². The number of nitrogens with zero attached hydrogens (tertiary/aromatic N) is 1. The molecule has 290 valence electrons. The van der Waals surface area contributed by atoms with Crippen molar-refractivity contribution in [3.8, 4) is 0 Å². The number of methoxy groups -OCH3 is 3. The summed E-state index contributed by atoms with van der Waals surface area (Å²) in [6.45, 7) is 4.14. The molecule has 0 radical (unpaired) electrons. The third kappa shape index (κ3) is 4.61. The highest BCUT2D eigenvalue weighted by molar-refractivity contribution is 7.92. The summed E-state index contributed by atoms with van der Waals surface area (Å²) in [5, 5.41) is 26.0. The van der Waals surface area contributed by atoms with E-state index in [9.17, 15) is 36.6 Å². The molecule has 3 aliphatic heterocycles. The van der Waals surface area contributed by atoms with Gasteiger partial charge in [0.15, 0.2) is 0 Å². The quantitative estimate of drug-likeness (QED) is 0.310. The predicted molar refractivity (Wildman–Crippen MR) is 184 cm³/mol. The lowest BCUT2D eigenvalue weighted by atomic mass is 9.48. The second-order valence-corrected chi connectivity index (χ2v) is 17.7. The minimum atomic E-state index is -4.64. The maximum Gasteiger partial charge on any atom is 0.416 e. The number of carbonyl (C=O) groups is 1. The molecule has 3 saturated heterocycles. The van der Waals surface area contributed by atoms with Crippen molar-refractivity contribution in [3.05, 3.63) is 59.7 Å². The fraction of sp³-hybridized carbons (Fsp3) is 0.658. The van der Waals surface area contributed by atoms with Crippen LogP contribution in [0.4, 0.5) is 18.9 Å². The van der Waals surface area contributed by atoms with E-state index in [4.69, 9.17) is 18.9 Å². The van der Waals surface area contributed by atoms with Crippen molar-refractivity contribution >= 4 is 21.7 Å². The molecule has 1 spiro atoms. The van der Waals surface area contributed by atoms with Gasteiger partial charge in [-0.1, -0.05) is 26.0 Å². The molecule has 3 N–H and O–H groups in total. The highest BCUT2D eigenvalue weighted by Gasteiger charge is 2.89. The van der Waals surface area contributed by atoms with Crippen LogP contribution >= 0.6 is 0 Å². The second-order valence-electron chi connectivity index (χ2n) is 16.0. The Hall–Kier alpha value is -2.79. The lowest BCUT2D eigenvalue weighted by Crippen LogP contribution is -2.87. The smallest absolute Gasteiger partial charge is 0.416 e. The lowest BCUT2D eigenvalue weighted by molar-refractivity contribution is -0.344. The van der Waals surface area contributed by atoms with E-state index in [2.05, 4.69) is 23.5 Å². The predicted octanol–water partition coefficient (Wildman–Crippen LogP) is 4.61. The average Bonchev–Trinajstić information content (AvgIpc) is 3.57. The van der Waals surface area contributed by atoms with Gasteiger partial charge >= 0.3 is 12.1 Å². The number of sulfonamides is 1. The minimum Gasteiger partial charge on any atom is -0.455 e. The normalized spacial score (nSPS) is 43.7. The van der Waals surface area contributed by atoms with Crippen LogP contribution in [-0.2, 0) is 35.1 Å². The summed E-state index contributed by atoms with van der Waals surface area (Å²) in [4.78, 5) is 16.6. The first-order chi connectivity index (χ1) is 25.0. The highest BCUT2D eigenvalue weighted by Crippen LogP contribution is 2.76. The van der Waals surface area contributed by atoms with E-state index in [1.54, 1.807) is 33.5 Å². The number of para-hydroxylation sites is 1. The summed E-state index contributed by atoms with van der Waals surface area (Å²) >= 11 is 0. The number of carbonyl (C=O) groups excluding carboxylic acids is 1. The van der Waals surface area contributed by atoms with Gasteiger partial charge in [-0.15, -0.1) is 0 Å². The zero-order chi connectivity index (χ0) is 38.1. The van der Waals surface area contributed by atoms with Crippen molar-refractivity contribution in [2.75, 3.05) is 26.1 Å². The number of benzene rings is 2. The largest absolute Gasteiger partial charge is 0.455 e. The van der Waals surface area contributed by atoms with Crippen molar-refractivity contribution in [3.63, 3.8) is 0 Å². The number of ether oxygens (including phenoxy) is 4. The monoisotopic (exact) mass is 764 g/mol. The van der Waals surface area contributed by atoms with Crippen LogP contribution in [0.25, 0.3) is 0 Å². The van der Waals surface area contributed by atoms with E-state index in [0.717, 1.165) is 12.1 Å². The number of piperidine rings is 2. The summed E-state index contributed by atoms with van der Waals surface area (Å²) in [5.74, 6) is -2.04. The SMILES string of the molecule is CC[C@@H]1[C@@H](C)[C@]2(OC(=O)c3ccccc3NS(=O)(=O)c3ccc(C(F)(F)F)cc3)CC[C@H](OC)C34C2CC(N13)[C@@]1(O)C[C@H](OC)[C@H]2CC4[C@]1(O)[C@H]2OC. The standard InChI is InChI=1S/C38H47F3N2O9S/c1-6-26-20(2)34(52-33(44)23-9-7-8-10-25(23)42-53(47,48)22-13-11-21(12-14-22)38(39,40)41)16-15-31(50-4)36-28(34)18-30(43(26)36)35(45)19-27(49-3)24-17-29(36)37(35,46)32(24)51-5/h7-14,20,24,26-32,42,45-46H,6,15-19H2,1-5H3/t20-,24-,26-,27+,28?,29?,30?,31+,32+,34-,35+,36?,37+/m1/s1. The molecule has 3 saturated carbocycles. The Morgan fingerprint density at radius 1 is 1.00 bits per heavy atom. The Morgan fingerprint density at radius 3 is 2.32 bits per heavy atom. The summed E-state index contributed by atoms with van der Waals surface area (Å²) in [6, 6.07) is 8.41. The van der Waals surface area contributed by atoms with Gasteiger partial charge in [-0.3, -0.25) is 9.62 Å². The van der Waals surface area contributed by atoms with E-state index >= 15 is 0 Å². The molecule has 2 aromatic rings. The third-order valence-corrected chi connectivity index (χ3v) is 15.9. The van der Waals surface area contributed by atoms with Gasteiger partial charge in [0.25, 0.3) is 10.0 Å². The molecule has 0 aromatic heterocycles. The van der Waals surface area contributed by atoms with Crippen LogP contribution < -0.4 is 4.72 Å². The van der Waals surface area contributed by atoms with Gasteiger partial charge in [0, 0.05) is 63.5 Å². The van der Waals surface area contributed by atoms with Crippen LogP contribution in [0.1, 0.15) is 68.3 Å². The first kappa shape index (κ1) is 37.1. The van der Waals surface area contributed by atoms with Crippen LogP contribution in [-0.4, -0.2) is 104 Å². The summed E-state index contributed by atoms with van der Waals surface area (Å²) in [6.07, 6.45) is -3.23. The first-order valence-electron chi connectivity index (χ1n) is 18.3. The molecule has 5 unspecified atom stereocenters. The molecular formula is C38H47F3N2O9S.